The zero-order valence-electron chi connectivity index (χ0n) is 17.9. The number of hydrogen-bond donors (Lipinski definition) is 1. The molecule has 2 aliphatic rings. The summed E-state index contributed by atoms with van der Waals surface area (Å²) < 4.78 is 27.3. The van der Waals surface area contributed by atoms with Crippen LogP contribution >= 0.6 is 0 Å². The Bertz CT molecular complexity index is 952. The maximum absolute atomic E-state index is 12.9. The third kappa shape index (κ3) is 4.98. The highest BCUT2D eigenvalue weighted by Crippen LogP contribution is 2.21. The first-order valence-electron chi connectivity index (χ1n) is 10.7. The molecule has 1 N–H and O–H groups in total. The number of nitrogens with zero attached hydrogens (tertiary/aromatic N) is 6. The van der Waals surface area contributed by atoms with Crippen LogP contribution in [0.15, 0.2) is 41.3 Å². The number of aliphatic hydroxyl groups excluding tert-OH is 1. The first kappa shape index (κ1) is 21.9. The fraction of sp³-hybridized carbons (Fsp3) is 0.524. The Balaban J connectivity index is 1.33. The molecule has 1 aromatic carbocycles. The Labute approximate surface area is 183 Å². The molecule has 3 heterocycles. The van der Waals surface area contributed by atoms with E-state index in [-0.39, 0.29) is 6.61 Å². The van der Waals surface area contributed by atoms with Crippen molar-refractivity contribution in [3.05, 3.63) is 42.0 Å². The van der Waals surface area contributed by atoms with Crippen molar-refractivity contribution in [2.75, 3.05) is 75.3 Å². The van der Waals surface area contributed by atoms with Gasteiger partial charge in [0.15, 0.2) is 11.6 Å². The van der Waals surface area contributed by atoms with Crippen molar-refractivity contribution in [3.8, 4) is 0 Å². The summed E-state index contributed by atoms with van der Waals surface area (Å²) in [5.74, 6) is 1.63. The van der Waals surface area contributed by atoms with Crippen LogP contribution in [0.1, 0.15) is 5.56 Å². The Morgan fingerprint density at radius 3 is 1.81 bits per heavy atom. The van der Waals surface area contributed by atoms with Gasteiger partial charge in [-0.05, 0) is 31.2 Å². The van der Waals surface area contributed by atoms with Crippen molar-refractivity contribution in [1.82, 2.24) is 19.4 Å². The van der Waals surface area contributed by atoms with Gasteiger partial charge in [0, 0.05) is 58.9 Å². The van der Waals surface area contributed by atoms with Gasteiger partial charge in [0.1, 0.15) is 0 Å². The number of anilines is 2. The number of aryl methyl sites for hydroxylation is 1. The average Bonchev–Trinajstić information content (AvgIpc) is 2.80. The lowest BCUT2D eigenvalue weighted by molar-refractivity contribution is 0.188. The SMILES string of the molecule is Cc1ccc(S(=O)(=O)N2CCN(c3ccc(N4CCN(CCO)CC4)nn3)CC2)cc1. The monoisotopic (exact) mass is 446 g/mol. The molecule has 0 atom stereocenters. The first-order valence-corrected chi connectivity index (χ1v) is 12.1. The Morgan fingerprint density at radius 1 is 0.806 bits per heavy atom. The van der Waals surface area contributed by atoms with Crippen LogP contribution in [0, 0.1) is 6.92 Å². The third-order valence-corrected chi connectivity index (χ3v) is 7.88. The Hall–Kier alpha value is -2.27. The second-order valence-corrected chi connectivity index (χ2v) is 9.94. The van der Waals surface area contributed by atoms with Gasteiger partial charge in [0.25, 0.3) is 0 Å². The fourth-order valence-corrected chi connectivity index (χ4v) is 5.44. The molecule has 0 radical (unpaired) electrons. The molecule has 2 aromatic rings. The molecule has 31 heavy (non-hydrogen) atoms. The highest BCUT2D eigenvalue weighted by molar-refractivity contribution is 7.89. The summed E-state index contributed by atoms with van der Waals surface area (Å²) in [6, 6.07) is 10.9. The van der Waals surface area contributed by atoms with E-state index in [4.69, 9.17) is 5.11 Å². The molecule has 9 nitrogen and oxygen atoms in total. The lowest BCUT2D eigenvalue weighted by Crippen LogP contribution is -2.49. The second kappa shape index (κ2) is 9.47. The lowest BCUT2D eigenvalue weighted by Gasteiger charge is -2.36. The molecule has 168 valence electrons. The molecule has 2 aliphatic heterocycles. The predicted molar refractivity (Wildman–Crippen MR) is 120 cm³/mol. The zero-order valence-corrected chi connectivity index (χ0v) is 18.7. The summed E-state index contributed by atoms with van der Waals surface area (Å²) in [7, 11) is -3.47. The van der Waals surface area contributed by atoms with Crippen molar-refractivity contribution < 1.29 is 13.5 Å². The van der Waals surface area contributed by atoms with E-state index in [2.05, 4.69) is 24.9 Å². The standard InChI is InChI=1S/C21H30N6O3S/c1-18-2-4-19(5-3-18)31(29,30)27-14-12-26(13-15-27)21-7-6-20(22-23-21)25-10-8-24(9-11-25)16-17-28/h2-7,28H,8-17H2,1H3. The molecule has 1 aromatic heterocycles. The van der Waals surface area contributed by atoms with Crippen molar-refractivity contribution in [2.45, 2.75) is 11.8 Å². The molecule has 4 rings (SSSR count). The molecular formula is C21H30N6O3S. The van der Waals surface area contributed by atoms with Crippen molar-refractivity contribution in [3.63, 3.8) is 0 Å². The van der Waals surface area contributed by atoms with Gasteiger partial charge >= 0.3 is 0 Å². The van der Waals surface area contributed by atoms with Crippen LogP contribution in [0.5, 0.6) is 0 Å². The van der Waals surface area contributed by atoms with Crippen LogP contribution in [0.25, 0.3) is 0 Å². The highest BCUT2D eigenvalue weighted by Gasteiger charge is 2.29. The van der Waals surface area contributed by atoms with Crippen LogP contribution < -0.4 is 9.80 Å². The molecule has 2 saturated heterocycles. The molecule has 2 fully saturated rings. The van der Waals surface area contributed by atoms with Gasteiger partial charge in [-0.1, -0.05) is 17.7 Å². The van der Waals surface area contributed by atoms with E-state index in [9.17, 15) is 8.42 Å². The minimum atomic E-state index is -3.47. The highest BCUT2D eigenvalue weighted by atomic mass is 32.2. The van der Waals surface area contributed by atoms with Crippen LogP contribution in [0.3, 0.4) is 0 Å². The van der Waals surface area contributed by atoms with Gasteiger partial charge in [-0.2, -0.15) is 4.31 Å². The largest absolute Gasteiger partial charge is 0.395 e. The summed E-state index contributed by atoms with van der Waals surface area (Å²) in [6.45, 7) is 8.39. The van der Waals surface area contributed by atoms with E-state index >= 15 is 0 Å². The first-order chi connectivity index (χ1) is 15.0. The third-order valence-electron chi connectivity index (χ3n) is 5.97. The maximum Gasteiger partial charge on any atom is 0.243 e. The van der Waals surface area contributed by atoms with E-state index in [1.165, 1.54) is 0 Å². The normalized spacial score (nSPS) is 19.0. The van der Waals surface area contributed by atoms with Crippen LogP contribution in [-0.2, 0) is 10.0 Å². The van der Waals surface area contributed by atoms with Gasteiger partial charge in [-0.25, -0.2) is 8.42 Å². The molecule has 10 heteroatoms. The summed E-state index contributed by atoms with van der Waals surface area (Å²) in [4.78, 5) is 6.87. The van der Waals surface area contributed by atoms with E-state index in [0.29, 0.717) is 37.6 Å². The molecular weight excluding hydrogens is 416 g/mol. The average molecular weight is 447 g/mol. The van der Waals surface area contributed by atoms with Crippen LogP contribution in [-0.4, -0.2) is 98.4 Å². The minimum Gasteiger partial charge on any atom is -0.395 e. The lowest BCUT2D eigenvalue weighted by atomic mass is 10.2. The van der Waals surface area contributed by atoms with Gasteiger partial charge in [0.2, 0.25) is 10.0 Å². The van der Waals surface area contributed by atoms with E-state index in [1.807, 2.05) is 31.2 Å². The number of aromatic nitrogens is 2. The Kier molecular flexibility index (Phi) is 6.71. The van der Waals surface area contributed by atoms with Gasteiger partial charge in [-0.3, -0.25) is 4.90 Å². The minimum absolute atomic E-state index is 0.189. The van der Waals surface area contributed by atoms with Gasteiger partial charge in [-0.15, -0.1) is 10.2 Å². The van der Waals surface area contributed by atoms with Gasteiger partial charge < -0.3 is 14.9 Å². The molecule has 0 bridgehead atoms. The van der Waals surface area contributed by atoms with Crippen molar-refractivity contribution in [2.24, 2.45) is 0 Å². The van der Waals surface area contributed by atoms with Crippen LogP contribution in [0.4, 0.5) is 11.6 Å². The predicted octanol–water partition coefficient (Wildman–Crippen LogP) is 0.410. The zero-order chi connectivity index (χ0) is 21.8. The topological polar surface area (TPSA) is 93.1 Å². The van der Waals surface area contributed by atoms with Crippen LogP contribution in [0.2, 0.25) is 0 Å². The number of piperazine rings is 2. The van der Waals surface area contributed by atoms with Gasteiger partial charge in [0.05, 0.1) is 11.5 Å². The number of sulfonamides is 1. The molecule has 0 amide bonds. The molecule has 0 spiro atoms. The fourth-order valence-electron chi connectivity index (χ4n) is 4.01. The van der Waals surface area contributed by atoms with E-state index in [0.717, 1.165) is 43.4 Å². The molecule has 0 saturated carbocycles. The van der Waals surface area contributed by atoms with Crippen molar-refractivity contribution in [1.29, 1.82) is 0 Å². The second-order valence-electron chi connectivity index (χ2n) is 8.01. The van der Waals surface area contributed by atoms with Crippen molar-refractivity contribution >= 4 is 21.7 Å². The number of β-amino-alcohol motifs (C(OH)–C–C–N with tert-alkyl or cyclic N) is 1. The maximum atomic E-state index is 12.9. The number of benzene rings is 1. The summed E-state index contributed by atoms with van der Waals surface area (Å²) in [5, 5.41) is 17.9. The van der Waals surface area contributed by atoms with E-state index < -0.39 is 10.0 Å². The number of rotatable bonds is 6. The smallest absolute Gasteiger partial charge is 0.243 e. The quantitative estimate of drug-likeness (QED) is 0.682. The summed E-state index contributed by atoms with van der Waals surface area (Å²) in [6.07, 6.45) is 0. The molecule has 0 aliphatic carbocycles. The van der Waals surface area contributed by atoms with E-state index in [1.54, 1.807) is 16.4 Å². The number of hydrogen-bond acceptors (Lipinski definition) is 8. The Morgan fingerprint density at radius 2 is 1.32 bits per heavy atom. The summed E-state index contributed by atoms with van der Waals surface area (Å²) >= 11 is 0. The number of aliphatic hydroxyl groups is 1. The molecule has 0 unspecified atom stereocenters. The summed E-state index contributed by atoms with van der Waals surface area (Å²) in [5.41, 5.74) is 1.04.